The predicted octanol–water partition coefficient (Wildman–Crippen LogP) is 5.17. The van der Waals surface area contributed by atoms with Gasteiger partial charge in [0.2, 0.25) is 0 Å². The van der Waals surface area contributed by atoms with Gasteiger partial charge in [-0.3, -0.25) is 0 Å². The quantitative estimate of drug-likeness (QED) is 0.827. The summed E-state index contributed by atoms with van der Waals surface area (Å²) in [6, 6.07) is 11.1. The van der Waals surface area contributed by atoms with Crippen molar-refractivity contribution in [1.29, 1.82) is 0 Å². The van der Waals surface area contributed by atoms with E-state index >= 15 is 0 Å². The van der Waals surface area contributed by atoms with Crippen LogP contribution in [0.2, 0.25) is 0 Å². The number of fused-ring (bicyclic) bond motifs is 1. The number of hydrogen-bond donors (Lipinski definition) is 1. The maximum absolute atomic E-state index is 5.36. The molecule has 1 atom stereocenters. The fourth-order valence-electron chi connectivity index (χ4n) is 3.13. The van der Waals surface area contributed by atoms with Gasteiger partial charge in [0.1, 0.15) is 5.75 Å². The van der Waals surface area contributed by atoms with Crippen LogP contribution in [-0.4, -0.2) is 7.11 Å². The Morgan fingerprint density at radius 2 is 2.00 bits per heavy atom. The normalized spacial score (nSPS) is 16.7. The predicted molar refractivity (Wildman–Crippen MR) is 91.3 cm³/mol. The van der Waals surface area contributed by atoms with E-state index in [9.17, 15) is 0 Å². The first-order valence-electron chi connectivity index (χ1n) is 7.28. The third kappa shape index (κ3) is 2.80. The van der Waals surface area contributed by atoms with E-state index in [-0.39, 0.29) is 0 Å². The molecule has 0 aromatic heterocycles. The zero-order valence-corrected chi connectivity index (χ0v) is 14.3. The highest BCUT2D eigenvalue weighted by molar-refractivity contribution is 9.10. The van der Waals surface area contributed by atoms with E-state index in [0.717, 1.165) is 23.1 Å². The van der Waals surface area contributed by atoms with Gasteiger partial charge in [0.15, 0.2) is 0 Å². The lowest BCUT2D eigenvalue weighted by atomic mass is 10.1. The van der Waals surface area contributed by atoms with Crippen LogP contribution in [0, 0.1) is 13.8 Å². The molecule has 3 rings (SSSR count). The Kier molecular flexibility index (Phi) is 3.94. The highest BCUT2D eigenvalue weighted by Gasteiger charge is 2.24. The number of rotatable bonds is 3. The van der Waals surface area contributed by atoms with E-state index in [0.29, 0.717) is 6.04 Å². The monoisotopic (exact) mass is 345 g/mol. The van der Waals surface area contributed by atoms with Crippen molar-refractivity contribution in [2.45, 2.75) is 32.7 Å². The van der Waals surface area contributed by atoms with Crippen LogP contribution in [0.3, 0.4) is 0 Å². The highest BCUT2D eigenvalue weighted by atomic mass is 79.9. The summed E-state index contributed by atoms with van der Waals surface area (Å²) in [4.78, 5) is 0. The van der Waals surface area contributed by atoms with Crippen LogP contribution in [0.1, 0.15) is 34.7 Å². The van der Waals surface area contributed by atoms with Gasteiger partial charge < -0.3 is 10.1 Å². The van der Waals surface area contributed by atoms with Crippen molar-refractivity contribution in [1.82, 2.24) is 0 Å². The number of aryl methyl sites for hydroxylation is 3. The molecule has 3 heteroatoms. The second-order valence-electron chi connectivity index (χ2n) is 5.74. The molecule has 0 spiro atoms. The summed E-state index contributed by atoms with van der Waals surface area (Å²) in [5, 5.41) is 3.71. The third-order valence-electron chi connectivity index (χ3n) is 4.18. The first kappa shape index (κ1) is 14.5. The Balaban J connectivity index is 1.92. The second kappa shape index (κ2) is 5.72. The second-order valence-corrected chi connectivity index (χ2v) is 6.59. The van der Waals surface area contributed by atoms with Crippen molar-refractivity contribution >= 4 is 21.6 Å². The van der Waals surface area contributed by atoms with Gasteiger partial charge in [-0.15, -0.1) is 0 Å². The SMILES string of the molecule is COc1ccc2c(c1)C(Nc1c(C)cc(C)cc1Br)CC2. The molecule has 21 heavy (non-hydrogen) atoms. The van der Waals surface area contributed by atoms with Crippen molar-refractivity contribution in [2.24, 2.45) is 0 Å². The van der Waals surface area contributed by atoms with Crippen LogP contribution < -0.4 is 10.1 Å². The fourth-order valence-corrected chi connectivity index (χ4v) is 3.92. The molecule has 0 radical (unpaired) electrons. The average Bonchev–Trinajstić information content (AvgIpc) is 2.84. The minimum absolute atomic E-state index is 0.354. The van der Waals surface area contributed by atoms with Crippen molar-refractivity contribution in [3.05, 3.63) is 57.1 Å². The molecule has 0 fully saturated rings. The lowest BCUT2D eigenvalue weighted by molar-refractivity contribution is 0.414. The standard InChI is InChI=1S/C18H20BrNO/c1-11-8-12(2)18(16(19)9-11)20-17-7-5-13-4-6-14(21-3)10-15(13)17/h4,6,8-10,17,20H,5,7H2,1-3H3. The molecular weight excluding hydrogens is 326 g/mol. The lowest BCUT2D eigenvalue weighted by Crippen LogP contribution is -2.09. The van der Waals surface area contributed by atoms with Crippen molar-refractivity contribution in [2.75, 3.05) is 12.4 Å². The van der Waals surface area contributed by atoms with E-state index in [1.54, 1.807) is 7.11 Å². The number of hydrogen-bond acceptors (Lipinski definition) is 2. The van der Waals surface area contributed by atoms with E-state index in [1.165, 1.54) is 27.9 Å². The number of methoxy groups -OCH3 is 1. The molecule has 110 valence electrons. The molecule has 2 aromatic rings. The van der Waals surface area contributed by atoms with Gasteiger partial charge in [0.25, 0.3) is 0 Å². The first-order chi connectivity index (χ1) is 10.1. The summed E-state index contributed by atoms with van der Waals surface area (Å²) < 4.78 is 6.50. The van der Waals surface area contributed by atoms with E-state index in [4.69, 9.17) is 4.74 Å². The fraction of sp³-hybridized carbons (Fsp3) is 0.333. The molecule has 0 heterocycles. The van der Waals surface area contributed by atoms with E-state index < -0.39 is 0 Å². The maximum Gasteiger partial charge on any atom is 0.119 e. The summed E-state index contributed by atoms with van der Waals surface area (Å²) in [5.74, 6) is 0.933. The first-order valence-corrected chi connectivity index (χ1v) is 8.08. The highest BCUT2D eigenvalue weighted by Crippen LogP contribution is 2.38. The van der Waals surface area contributed by atoms with Gasteiger partial charge in [0, 0.05) is 4.47 Å². The van der Waals surface area contributed by atoms with Gasteiger partial charge >= 0.3 is 0 Å². The lowest BCUT2D eigenvalue weighted by Gasteiger charge is -2.19. The molecule has 2 nitrogen and oxygen atoms in total. The van der Waals surface area contributed by atoms with Gasteiger partial charge in [-0.1, -0.05) is 12.1 Å². The summed E-state index contributed by atoms with van der Waals surface area (Å²) in [7, 11) is 1.72. The molecule has 0 bridgehead atoms. The van der Waals surface area contributed by atoms with Gasteiger partial charge in [-0.2, -0.15) is 0 Å². The van der Waals surface area contributed by atoms with Crippen LogP contribution in [0.5, 0.6) is 5.75 Å². The molecule has 0 saturated heterocycles. The largest absolute Gasteiger partial charge is 0.497 e. The van der Waals surface area contributed by atoms with E-state index in [2.05, 4.69) is 59.4 Å². The number of benzene rings is 2. The number of nitrogens with one attached hydrogen (secondary N) is 1. The Morgan fingerprint density at radius 1 is 1.19 bits per heavy atom. The Labute approximate surface area is 134 Å². The summed E-state index contributed by atoms with van der Waals surface area (Å²) in [5.41, 5.74) is 6.54. The Morgan fingerprint density at radius 3 is 2.71 bits per heavy atom. The molecule has 0 amide bonds. The average molecular weight is 346 g/mol. The smallest absolute Gasteiger partial charge is 0.119 e. The molecule has 1 N–H and O–H groups in total. The van der Waals surface area contributed by atoms with E-state index in [1.807, 2.05) is 6.07 Å². The number of anilines is 1. The third-order valence-corrected chi connectivity index (χ3v) is 4.81. The van der Waals surface area contributed by atoms with Crippen LogP contribution in [0.15, 0.2) is 34.8 Å². The van der Waals surface area contributed by atoms with Gasteiger partial charge in [0.05, 0.1) is 18.8 Å². The van der Waals surface area contributed by atoms with Crippen LogP contribution in [0.25, 0.3) is 0 Å². The van der Waals surface area contributed by atoms with Crippen LogP contribution in [-0.2, 0) is 6.42 Å². The molecule has 0 aliphatic heterocycles. The van der Waals surface area contributed by atoms with Crippen molar-refractivity contribution in [3.8, 4) is 5.75 Å². The minimum atomic E-state index is 0.354. The van der Waals surface area contributed by atoms with Crippen molar-refractivity contribution in [3.63, 3.8) is 0 Å². The zero-order chi connectivity index (χ0) is 15.0. The van der Waals surface area contributed by atoms with Crippen LogP contribution >= 0.6 is 15.9 Å². The molecule has 1 unspecified atom stereocenters. The summed E-state index contributed by atoms with van der Waals surface area (Å²) in [6.07, 6.45) is 2.25. The molecule has 1 aliphatic rings. The topological polar surface area (TPSA) is 21.3 Å². The summed E-state index contributed by atoms with van der Waals surface area (Å²) in [6.45, 7) is 4.28. The summed E-state index contributed by atoms with van der Waals surface area (Å²) >= 11 is 3.69. The molecule has 0 saturated carbocycles. The Hall–Kier alpha value is -1.48. The molecule has 1 aliphatic carbocycles. The maximum atomic E-state index is 5.36. The minimum Gasteiger partial charge on any atom is -0.497 e. The number of halogens is 1. The number of ether oxygens (including phenoxy) is 1. The van der Waals surface area contributed by atoms with Gasteiger partial charge in [-0.25, -0.2) is 0 Å². The van der Waals surface area contributed by atoms with Crippen molar-refractivity contribution < 1.29 is 4.74 Å². The van der Waals surface area contributed by atoms with Gasteiger partial charge in [-0.05, 0) is 83.1 Å². The molecule has 2 aromatic carbocycles. The zero-order valence-electron chi connectivity index (χ0n) is 12.7. The Bertz CT molecular complexity index is 658. The molecular formula is C18H20BrNO. The van der Waals surface area contributed by atoms with Crippen LogP contribution in [0.4, 0.5) is 5.69 Å².